The van der Waals surface area contributed by atoms with Gasteiger partial charge in [0.2, 0.25) is 0 Å². The Morgan fingerprint density at radius 1 is 1.33 bits per heavy atom. The summed E-state index contributed by atoms with van der Waals surface area (Å²) in [4.78, 5) is 14.7. The van der Waals surface area contributed by atoms with Crippen molar-refractivity contribution in [3.05, 3.63) is 48.6 Å². The minimum Gasteiger partial charge on any atom is -0.292 e. The highest BCUT2D eigenvalue weighted by Crippen LogP contribution is 2.13. The fourth-order valence-electron chi connectivity index (χ4n) is 2.55. The predicted molar refractivity (Wildman–Crippen MR) is 81.3 cm³/mol. The van der Waals surface area contributed by atoms with Crippen LogP contribution in [0.3, 0.4) is 0 Å². The van der Waals surface area contributed by atoms with Crippen LogP contribution in [-0.4, -0.2) is 60.0 Å². The van der Waals surface area contributed by atoms with E-state index in [9.17, 15) is 4.79 Å². The molecular formula is C16H20N4O. The number of benzene rings is 1. The number of Topliss-reactive ketones (excluding diaryl/α,β-unsaturated/α-hetero) is 1. The van der Waals surface area contributed by atoms with Crippen molar-refractivity contribution in [1.82, 2.24) is 14.9 Å². The van der Waals surface area contributed by atoms with E-state index in [2.05, 4.69) is 17.7 Å². The molecule has 0 aromatic heterocycles. The van der Waals surface area contributed by atoms with Crippen molar-refractivity contribution in [2.24, 2.45) is 0 Å². The molecule has 110 valence electrons. The maximum atomic E-state index is 12.6. The predicted octanol–water partition coefficient (Wildman–Crippen LogP) is 1.37. The van der Waals surface area contributed by atoms with Crippen molar-refractivity contribution in [2.45, 2.75) is 6.04 Å². The molecule has 5 nitrogen and oxygen atoms in total. The molecule has 1 aliphatic heterocycles. The summed E-state index contributed by atoms with van der Waals surface area (Å²) in [5.74, 6) is 0.0766. The standard InChI is InChI=1S/C16H20N4O/c1-3-15(16(21)14-7-5-4-6-8-14)19-9-11-20(12-10-19)18(2)13-17/h3-8,15H,1,9-12H2,2H3. The third-order valence-corrected chi connectivity index (χ3v) is 3.80. The van der Waals surface area contributed by atoms with Gasteiger partial charge in [0, 0.05) is 38.8 Å². The Labute approximate surface area is 125 Å². The first-order valence-corrected chi connectivity index (χ1v) is 7.01. The van der Waals surface area contributed by atoms with Crippen molar-refractivity contribution < 1.29 is 4.79 Å². The number of carbonyl (C=O) groups excluding carboxylic acids is 1. The molecule has 0 saturated carbocycles. The van der Waals surface area contributed by atoms with Gasteiger partial charge in [0.25, 0.3) is 0 Å². The number of ketones is 1. The van der Waals surface area contributed by atoms with Gasteiger partial charge in [0.15, 0.2) is 12.0 Å². The molecule has 1 saturated heterocycles. The minimum atomic E-state index is -0.304. The molecule has 0 spiro atoms. The van der Waals surface area contributed by atoms with Gasteiger partial charge in [-0.1, -0.05) is 36.4 Å². The minimum absolute atomic E-state index is 0.0766. The lowest BCUT2D eigenvalue weighted by Crippen LogP contribution is -2.55. The van der Waals surface area contributed by atoms with Gasteiger partial charge in [0.1, 0.15) is 0 Å². The lowest BCUT2D eigenvalue weighted by Gasteiger charge is -2.39. The number of hydrogen-bond acceptors (Lipinski definition) is 5. The van der Waals surface area contributed by atoms with Gasteiger partial charge < -0.3 is 0 Å². The van der Waals surface area contributed by atoms with Crippen molar-refractivity contribution >= 4 is 5.78 Å². The Morgan fingerprint density at radius 3 is 2.48 bits per heavy atom. The summed E-state index contributed by atoms with van der Waals surface area (Å²) in [6, 6.07) is 9.00. The van der Waals surface area contributed by atoms with Crippen LogP contribution in [0.25, 0.3) is 0 Å². The summed E-state index contributed by atoms with van der Waals surface area (Å²) in [5, 5.41) is 12.4. The van der Waals surface area contributed by atoms with Crippen LogP contribution in [0.15, 0.2) is 43.0 Å². The second-order valence-corrected chi connectivity index (χ2v) is 5.02. The summed E-state index contributed by atoms with van der Waals surface area (Å²) in [6.45, 7) is 6.75. The van der Waals surface area contributed by atoms with E-state index in [0.29, 0.717) is 5.56 Å². The van der Waals surface area contributed by atoms with E-state index in [0.717, 1.165) is 26.2 Å². The molecular weight excluding hydrogens is 264 g/mol. The maximum Gasteiger partial charge on any atom is 0.195 e. The summed E-state index contributed by atoms with van der Waals surface area (Å²) in [7, 11) is 1.75. The molecule has 0 amide bonds. The molecule has 0 N–H and O–H groups in total. The van der Waals surface area contributed by atoms with Gasteiger partial charge in [-0.25, -0.2) is 10.0 Å². The van der Waals surface area contributed by atoms with Gasteiger partial charge >= 0.3 is 0 Å². The fraction of sp³-hybridized carbons (Fsp3) is 0.375. The molecule has 1 aromatic carbocycles. The number of hydrogen-bond donors (Lipinski definition) is 0. The van der Waals surface area contributed by atoms with Crippen LogP contribution in [0.1, 0.15) is 10.4 Å². The number of carbonyl (C=O) groups is 1. The molecule has 1 atom stereocenters. The quantitative estimate of drug-likeness (QED) is 0.354. The Balaban J connectivity index is 2.02. The smallest absolute Gasteiger partial charge is 0.195 e. The Hall–Kier alpha value is -2.16. The SMILES string of the molecule is C=CC(C(=O)c1ccccc1)N1CCN(N(C)C#N)CC1. The third-order valence-electron chi connectivity index (χ3n) is 3.80. The molecule has 0 bridgehead atoms. The van der Waals surface area contributed by atoms with Crippen molar-refractivity contribution in [3.8, 4) is 6.19 Å². The molecule has 1 unspecified atom stereocenters. The highest BCUT2D eigenvalue weighted by molar-refractivity contribution is 6.01. The van der Waals surface area contributed by atoms with E-state index in [1.807, 2.05) is 35.3 Å². The largest absolute Gasteiger partial charge is 0.292 e. The summed E-state index contributed by atoms with van der Waals surface area (Å²) >= 11 is 0. The number of rotatable bonds is 5. The number of nitrogens with zero attached hydrogens (tertiary/aromatic N) is 4. The molecule has 21 heavy (non-hydrogen) atoms. The van der Waals surface area contributed by atoms with E-state index in [1.165, 1.54) is 0 Å². The zero-order chi connectivity index (χ0) is 15.2. The van der Waals surface area contributed by atoms with Gasteiger partial charge in [-0.15, -0.1) is 6.58 Å². The monoisotopic (exact) mass is 284 g/mol. The van der Waals surface area contributed by atoms with Crippen molar-refractivity contribution in [3.63, 3.8) is 0 Å². The van der Waals surface area contributed by atoms with E-state index >= 15 is 0 Å². The molecule has 0 aliphatic carbocycles. The van der Waals surface area contributed by atoms with Crippen LogP contribution in [-0.2, 0) is 0 Å². The van der Waals surface area contributed by atoms with Crippen LogP contribution in [0.5, 0.6) is 0 Å². The van der Waals surface area contributed by atoms with Crippen LogP contribution >= 0.6 is 0 Å². The second-order valence-electron chi connectivity index (χ2n) is 5.02. The summed E-state index contributed by atoms with van der Waals surface area (Å²) in [5.41, 5.74) is 0.707. The lowest BCUT2D eigenvalue weighted by molar-refractivity contribution is -0.00184. The summed E-state index contributed by atoms with van der Waals surface area (Å²) in [6.07, 6.45) is 3.80. The molecule has 0 radical (unpaired) electrons. The molecule has 1 fully saturated rings. The second kappa shape index (κ2) is 7.02. The fourth-order valence-corrected chi connectivity index (χ4v) is 2.55. The van der Waals surface area contributed by atoms with Crippen molar-refractivity contribution in [1.29, 1.82) is 5.26 Å². The van der Waals surface area contributed by atoms with Gasteiger partial charge in [-0.3, -0.25) is 9.69 Å². The van der Waals surface area contributed by atoms with Crippen LogP contribution in [0.2, 0.25) is 0 Å². The topological polar surface area (TPSA) is 50.6 Å². The number of piperazine rings is 1. The molecule has 1 aliphatic rings. The first kappa shape index (κ1) is 15.2. The third kappa shape index (κ3) is 3.48. The van der Waals surface area contributed by atoms with Crippen LogP contribution in [0, 0.1) is 11.5 Å². The number of hydrazine groups is 1. The van der Waals surface area contributed by atoms with E-state index in [-0.39, 0.29) is 11.8 Å². The van der Waals surface area contributed by atoms with E-state index < -0.39 is 0 Å². The van der Waals surface area contributed by atoms with Gasteiger partial charge in [-0.2, -0.15) is 5.26 Å². The first-order chi connectivity index (χ1) is 10.2. The number of nitriles is 1. The zero-order valence-electron chi connectivity index (χ0n) is 12.3. The molecule has 5 heteroatoms. The van der Waals surface area contributed by atoms with Crippen LogP contribution < -0.4 is 0 Å². The Morgan fingerprint density at radius 2 is 1.95 bits per heavy atom. The molecule has 1 heterocycles. The highest BCUT2D eigenvalue weighted by atomic mass is 16.1. The average Bonchev–Trinajstić information content (AvgIpc) is 2.56. The Kier molecular flexibility index (Phi) is 5.09. The van der Waals surface area contributed by atoms with E-state index in [1.54, 1.807) is 18.1 Å². The van der Waals surface area contributed by atoms with Gasteiger partial charge in [0.05, 0.1) is 6.04 Å². The Bertz CT molecular complexity index is 529. The van der Waals surface area contributed by atoms with Crippen molar-refractivity contribution in [2.75, 3.05) is 33.2 Å². The highest BCUT2D eigenvalue weighted by Gasteiger charge is 2.28. The van der Waals surface area contributed by atoms with Crippen LogP contribution in [0.4, 0.5) is 0 Å². The lowest BCUT2D eigenvalue weighted by atomic mass is 10.0. The maximum absolute atomic E-state index is 12.6. The molecule has 2 rings (SSSR count). The zero-order valence-corrected chi connectivity index (χ0v) is 12.3. The van der Waals surface area contributed by atoms with Gasteiger partial charge in [-0.05, 0) is 0 Å². The first-order valence-electron chi connectivity index (χ1n) is 7.01. The normalized spacial score (nSPS) is 17.7. The molecule has 1 aromatic rings. The van der Waals surface area contributed by atoms with E-state index in [4.69, 9.17) is 5.26 Å². The average molecular weight is 284 g/mol. The summed E-state index contributed by atoms with van der Waals surface area (Å²) < 4.78 is 0.